The molecule has 0 saturated heterocycles. The van der Waals surface area contributed by atoms with E-state index in [1.165, 1.54) is 0 Å². The first-order valence-corrected chi connectivity index (χ1v) is 6.01. The van der Waals surface area contributed by atoms with E-state index in [1.54, 1.807) is 0 Å². The summed E-state index contributed by atoms with van der Waals surface area (Å²) in [5, 5.41) is -0.190. The first-order valence-electron chi connectivity index (χ1n) is 6.01. The molecule has 0 heterocycles. The van der Waals surface area contributed by atoms with E-state index in [0.29, 0.717) is 12.1 Å². The molecule has 0 atom stereocenters. The number of benzene rings is 1. The summed E-state index contributed by atoms with van der Waals surface area (Å²) in [5.41, 5.74) is 2.94. The molecule has 12 heteroatoms. The normalized spacial score (nSPS) is 12.0. The fourth-order valence-corrected chi connectivity index (χ4v) is 1.50. The first-order chi connectivity index (χ1) is 10.8. The number of alkyl halides is 6. The number of carbonyl (C=O) groups is 2. The number of hydrogen-bond donors (Lipinski definition) is 1. The van der Waals surface area contributed by atoms with Crippen LogP contribution in [-0.4, -0.2) is 29.7 Å². The molecule has 1 rings (SSSR count). The molecule has 0 bridgehead atoms. The molecule has 0 aliphatic heterocycles. The van der Waals surface area contributed by atoms with Gasteiger partial charge in [-0.15, -0.1) is 0 Å². The minimum atomic E-state index is -5.45. The molecule has 5 nitrogen and oxygen atoms in total. The zero-order valence-corrected chi connectivity index (χ0v) is 11.5. The Labute approximate surface area is 129 Å². The summed E-state index contributed by atoms with van der Waals surface area (Å²) in [6.45, 7) is -1.95. The van der Waals surface area contributed by atoms with E-state index in [2.05, 4.69) is 4.84 Å². The van der Waals surface area contributed by atoms with Crippen LogP contribution in [0.1, 0.15) is 11.1 Å². The van der Waals surface area contributed by atoms with Crippen LogP contribution < -0.4 is 5.73 Å². The predicted molar refractivity (Wildman–Crippen MR) is 63.2 cm³/mol. The average Bonchev–Trinajstić information content (AvgIpc) is 2.43. The summed E-state index contributed by atoms with van der Waals surface area (Å²) in [6, 6.07) is 1.08. The smallest absolute Gasteiger partial charge is 0.329 e. The van der Waals surface area contributed by atoms with Gasteiger partial charge in [0.25, 0.3) is 5.91 Å². The van der Waals surface area contributed by atoms with Gasteiger partial charge in [0.1, 0.15) is 5.82 Å². The fourth-order valence-electron chi connectivity index (χ4n) is 1.50. The van der Waals surface area contributed by atoms with E-state index in [9.17, 15) is 40.3 Å². The van der Waals surface area contributed by atoms with E-state index in [0.717, 1.165) is 0 Å². The number of rotatable bonds is 3. The highest BCUT2D eigenvalue weighted by Gasteiger charge is 2.43. The van der Waals surface area contributed by atoms with Crippen molar-refractivity contribution in [1.29, 1.82) is 0 Å². The lowest BCUT2D eigenvalue weighted by Gasteiger charge is -2.21. The Morgan fingerprint density at radius 3 is 2.12 bits per heavy atom. The third kappa shape index (κ3) is 5.37. The van der Waals surface area contributed by atoms with Crippen molar-refractivity contribution in [2.45, 2.75) is 18.9 Å². The highest BCUT2D eigenvalue weighted by atomic mass is 19.4. The lowest BCUT2D eigenvalue weighted by atomic mass is 10.1. The van der Waals surface area contributed by atoms with Gasteiger partial charge in [-0.25, -0.2) is 9.18 Å². The largest absolute Gasteiger partial charge is 0.493 e. The van der Waals surface area contributed by atoms with Crippen molar-refractivity contribution < 1.29 is 45.2 Å². The van der Waals surface area contributed by atoms with Crippen molar-refractivity contribution in [3.05, 3.63) is 35.1 Å². The van der Waals surface area contributed by atoms with Crippen molar-refractivity contribution in [2.24, 2.45) is 5.73 Å². The third-order valence-electron chi connectivity index (χ3n) is 2.49. The van der Waals surface area contributed by atoms with Crippen LogP contribution in [-0.2, 0) is 27.1 Å². The van der Waals surface area contributed by atoms with Gasteiger partial charge in [-0.05, 0) is 23.8 Å². The molecule has 0 aromatic heterocycles. The van der Waals surface area contributed by atoms with E-state index in [1.807, 2.05) is 0 Å². The van der Waals surface area contributed by atoms with Crippen LogP contribution in [0.4, 0.5) is 30.7 Å². The quantitative estimate of drug-likeness (QED) is 0.661. The Morgan fingerprint density at radius 2 is 1.67 bits per heavy atom. The average molecular weight is 362 g/mol. The maximum atomic E-state index is 13.2. The van der Waals surface area contributed by atoms with Gasteiger partial charge in [0.05, 0.1) is 18.7 Å². The second kappa shape index (κ2) is 7.03. The fraction of sp³-hybridized carbons (Fsp3) is 0.333. The molecule has 0 aliphatic carbocycles. The maximum Gasteiger partial charge on any atom is 0.493 e. The number of nitrogens with two attached hydrogens (primary N) is 1. The van der Waals surface area contributed by atoms with Crippen molar-refractivity contribution in [3.8, 4) is 0 Å². The topological polar surface area (TPSA) is 72.6 Å². The summed E-state index contributed by atoms with van der Waals surface area (Å²) in [4.78, 5) is 25.9. The number of carbonyl (C=O) groups excluding carboxylic acids is 2. The highest BCUT2D eigenvalue weighted by molar-refractivity contribution is 5.81. The van der Waals surface area contributed by atoms with Crippen molar-refractivity contribution in [2.75, 3.05) is 6.54 Å². The molecule has 24 heavy (non-hydrogen) atoms. The molecule has 0 spiro atoms. The Balaban J connectivity index is 3.09. The molecule has 0 radical (unpaired) electrons. The minimum absolute atomic E-state index is 0.153. The molecule has 0 saturated carbocycles. The predicted octanol–water partition coefficient (Wildman–Crippen LogP) is 2.15. The van der Waals surface area contributed by atoms with Crippen LogP contribution >= 0.6 is 0 Å². The van der Waals surface area contributed by atoms with E-state index in [-0.39, 0.29) is 11.1 Å². The van der Waals surface area contributed by atoms with Gasteiger partial charge in [-0.2, -0.15) is 31.4 Å². The summed E-state index contributed by atoms with van der Waals surface area (Å²) >= 11 is 0. The summed E-state index contributed by atoms with van der Waals surface area (Å²) in [6.07, 6.45) is -10.4. The molecule has 1 aromatic carbocycles. The Kier molecular flexibility index (Phi) is 5.76. The Hall–Kier alpha value is -2.37. The summed E-state index contributed by atoms with van der Waals surface area (Å²) in [5.74, 6) is -5.45. The van der Waals surface area contributed by atoms with Gasteiger partial charge in [-0.3, -0.25) is 4.79 Å². The van der Waals surface area contributed by atoms with Crippen molar-refractivity contribution >= 4 is 11.9 Å². The zero-order chi connectivity index (χ0) is 18.7. The Bertz CT molecular complexity index is 628. The van der Waals surface area contributed by atoms with Crippen LogP contribution in [0.3, 0.4) is 0 Å². The molecule has 2 N–H and O–H groups in total. The lowest BCUT2D eigenvalue weighted by molar-refractivity contribution is -0.238. The van der Waals surface area contributed by atoms with Crippen LogP contribution in [0.25, 0.3) is 0 Å². The van der Waals surface area contributed by atoms with Gasteiger partial charge in [0.2, 0.25) is 0 Å². The minimum Gasteiger partial charge on any atom is -0.329 e. The molecule has 1 aromatic rings. The second-order valence-corrected chi connectivity index (χ2v) is 4.36. The number of hydroxylamine groups is 2. The summed E-state index contributed by atoms with van der Waals surface area (Å²) < 4.78 is 87.4. The summed E-state index contributed by atoms with van der Waals surface area (Å²) in [7, 11) is 0. The molecule has 0 unspecified atom stereocenters. The van der Waals surface area contributed by atoms with E-state index >= 15 is 0 Å². The number of amides is 1. The first kappa shape index (κ1) is 19.7. The molecule has 134 valence electrons. The third-order valence-corrected chi connectivity index (χ3v) is 2.49. The van der Waals surface area contributed by atoms with Crippen LogP contribution in [0.5, 0.6) is 0 Å². The van der Waals surface area contributed by atoms with Gasteiger partial charge in [-0.1, -0.05) is 0 Å². The molecule has 0 aliphatic rings. The maximum absolute atomic E-state index is 13.2. The van der Waals surface area contributed by atoms with Gasteiger partial charge >= 0.3 is 18.3 Å². The Morgan fingerprint density at radius 1 is 1.08 bits per heavy atom. The zero-order valence-electron chi connectivity index (χ0n) is 11.5. The number of halogens is 7. The van der Waals surface area contributed by atoms with E-state index < -0.39 is 54.3 Å². The van der Waals surface area contributed by atoms with Crippen molar-refractivity contribution in [3.63, 3.8) is 0 Å². The molecular formula is C12H9F7N2O3. The highest BCUT2D eigenvalue weighted by Crippen LogP contribution is 2.30. The van der Waals surface area contributed by atoms with Crippen LogP contribution in [0.2, 0.25) is 0 Å². The van der Waals surface area contributed by atoms with Crippen LogP contribution in [0.15, 0.2) is 18.2 Å². The van der Waals surface area contributed by atoms with Gasteiger partial charge in [0.15, 0.2) is 0 Å². The van der Waals surface area contributed by atoms with Gasteiger partial charge < -0.3 is 10.6 Å². The lowest BCUT2D eigenvalue weighted by Crippen LogP contribution is -2.41. The standard InChI is InChI=1S/C12H9F7N2O3/c13-8-2-6(1-7(3-8)11(14,15)16)5-21(9(22)4-20)24-10(23)12(17,18)19/h1-3H,4-5,20H2. The van der Waals surface area contributed by atoms with Crippen LogP contribution in [0, 0.1) is 5.82 Å². The SMILES string of the molecule is NCC(=O)N(Cc1cc(F)cc(C(F)(F)F)c1)OC(=O)C(F)(F)F. The van der Waals surface area contributed by atoms with E-state index in [4.69, 9.17) is 5.73 Å². The monoisotopic (exact) mass is 362 g/mol. The number of nitrogens with zero attached hydrogens (tertiary/aromatic N) is 1. The second-order valence-electron chi connectivity index (χ2n) is 4.36. The molecular weight excluding hydrogens is 353 g/mol. The van der Waals surface area contributed by atoms with Gasteiger partial charge in [0, 0.05) is 0 Å². The number of hydrogen-bond acceptors (Lipinski definition) is 4. The molecule has 1 amide bonds. The van der Waals surface area contributed by atoms with Crippen molar-refractivity contribution in [1.82, 2.24) is 5.06 Å². The molecule has 0 fully saturated rings.